The monoisotopic (exact) mass is 469 g/mol. The molecule has 0 saturated heterocycles. The zero-order valence-corrected chi connectivity index (χ0v) is 18.3. The van der Waals surface area contributed by atoms with E-state index in [-0.39, 0.29) is 12.2 Å². The molecule has 0 aliphatic carbocycles. The van der Waals surface area contributed by atoms with E-state index in [9.17, 15) is 14.7 Å². The van der Waals surface area contributed by atoms with Crippen molar-refractivity contribution in [2.75, 3.05) is 11.4 Å². The number of Topliss-reactive ketones (excluding diaryl/α,β-unsaturated/α-hetero) is 1. The molecule has 1 aromatic heterocycles. The molecule has 1 amide bonds. The highest BCUT2D eigenvalue weighted by Gasteiger charge is 2.51. The molecule has 2 aromatic carbocycles. The second-order valence-electron chi connectivity index (χ2n) is 7.22. The van der Waals surface area contributed by atoms with Gasteiger partial charge in [0, 0.05) is 21.5 Å². The molecule has 4 nitrogen and oxygen atoms in total. The Morgan fingerprint density at radius 1 is 1.14 bits per heavy atom. The largest absolute Gasteiger partial charge is 0.375 e. The van der Waals surface area contributed by atoms with Crippen molar-refractivity contribution in [3.05, 3.63) is 86.0 Å². The third kappa shape index (κ3) is 3.80. The molecule has 29 heavy (non-hydrogen) atoms. The summed E-state index contributed by atoms with van der Waals surface area (Å²) in [4.78, 5) is 29.3. The second kappa shape index (κ2) is 7.86. The summed E-state index contributed by atoms with van der Waals surface area (Å²) in [5.41, 5.74) is 0.392. The summed E-state index contributed by atoms with van der Waals surface area (Å²) in [6.45, 7) is 2.36. The molecular weight excluding hydrogens is 450 g/mol. The quantitative estimate of drug-likeness (QED) is 0.523. The highest BCUT2D eigenvalue weighted by molar-refractivity contribution is 9.10. The molecule has 3 aromatic rings. The van der Waals surface area contributed by atoms with Crippen LogP contribution < -0.4 is 4.90 Å². The number of aryl methyl sites for hydroxylation is 1. The molecule has 0 saturated carbocycles. The number of amides is 1. The number of nitrogens with zero attached hydrogens (tertiary/aromatic N) is 1. The van der Waals surface area contributed by atoms with Crippen molar-refractivity contribution in [3.8, 4) is 0 Å². The van der Waals surface area contributed by atoms with Gasteiger partial charge >= 0.3 is 0 Å². The molecule has 0 spiro atoms. The van der Waals surface area contributed by atoms with Gasteiger partial charge in [-0.25, -0.2) is 0 Å². The molecule has 148 valence electrons. The molecule has 1 aliphatic heterocycles. The third-order valence-electron chi connectivity index (χ3n) is 5.19. The first-order valence-corrected chi connectivity index (χ1v) is 11.0. The number of thiophene rings is 1. The Hall–Kier alpha value is -2.28. The standard InChI is InChI=1S/C23H20BrNO3S/c1-15-7-10-21(29-15)20(26)14-23(28)18-13-17(24)8-9-19(18)25(22(23)27)12-11-16-5-3-2-4-6-16/h2-10,13,28H,11-12,14H2,1H3/t23-/m0/s1. The lowest BCUT2D eigenvalue weighted by molar-refractivity contribution is -0.135. The van der Waals surface area contributed by atoms with E-state index in [1.807, 2.05) is 55.5 Å². The van der Waals surface area contributed by atoms with Crippen molar-refractivity contribution in [3.63, 3.8) is 0 Å². The van der Waals surface area contributed by atoms with Gasteiger partial charge < -0.3 is 10.0 Å². The fourth-order valence-electron chi connectivity index (χ4n) is 3.71. The molecule has 0 fully saturated rings. The molecule has 1 N–H and O–H groups in total. The maximum atomic E-state index is 13.3. The van der Waals surface area contributed by atoms with Crippen LogP contribution in [0, 0.1) is 6.92 Å². The van der Waals surface area contributed by atoms with Crippen molar-refractivity contribution in [2.24, 2.45) is 0 Å². The van der Waals surface area contributed by atoms with E-state index in [1.54, 1.807) is 17.0 Å². The number of anilines is 1. The van der Waals surface area contributed by atoms with E-state index >= 15 is 0 Å². The van der Waals surface area contributed by atoms with E-state index in [0.29, 0.717) is 29.1 Å². The number of ketones is 1. The fourth-order valence-corrected chi connectivity index (χ4v) is 4.87. The van der Waals surface area contributed by atoms with Crippen LogP contribution in [0.4, 0.5) is 5.69 Å². The molecule has 1 aliphatic rings. The van der Waals surface area contributed by atoms with Crippen LogP contribution in [0.3, 0.4) is 0 Å². The summed E-state index contributed by atoms with van der Waals surface area (Å²) in [6.07, 6.45) is 0.396. The van der Waals surface area contributed by atoms with E-state index < -0.39 is 11.5 Å². The Kier molecular flexibility index (Phi) is 5.42. The van der Waals surface area contributed by atoms with Crippen LogP contribution in [0.5, 0.6) is 0 Å². The number of rotatable bonds is 6. The molecule has 6 heteroatoms. The van der Waals surface area contributed by atoms with Gasteiger partial charge in [-0.3, -0.25) is 9.59 Å². The fraction of sp³-hybridized carbons (Fsp3) is 0.217. The number of fused-ring (bicyclic) bond motifs is 1. The van der Waals surface area contributed by atoms with Gasteiger partial charge in [-0.15, -0.1) is 11.3 Å². The van der Waals surface area contributed by atoms with E-state index in [1.165, 1.54) is 11.3 Å². The molecule has 4 rings (SSSR count). The Morgan fingerprint density at radius 2 is 1.90 bits per heavy atom. The molecular formula is C23H20BrNO3S. The van der Waals surface area contributed by atoms with Gasteiger partial charge in [-0.05, 0) is 49.2 Å². The summed E-state index contributed by atoms with van der Waals surface area (Å²) in [7, 11) is 0. The SMILES string of the molecule is Cc1ccc(C(=O)C[C@@]2(O)C(=O)N(CCc3ccccc3)c3ccc(Br)cc32)s1. The van der Waals surface area contributed by atoms with E-state index in [0.717, 1.165) is 14.9 Å². The Morgan fingerprint density at radius 3 is 2.59 bits per heavy atom. The van der Waals surface area contributed by atoms with E-state index in [2.05, 4.69) is 15.9 Å². The smallest absolute Gasteiger partial charge is 0.264 e. The lowest BCUT2D eigenvalue weighted by atomic mass is 9.89. The van der Waals surface area contributed by atoms with Crippen LogP contribution in [0.15, 0.2) is 65.1 Å². The second-order valence-corrected chi connectivity index (χ2v) is 9.43. The number of carbonyl (C=O) groups excluding carboxylic acids is 2. The Labute approximate surface area is 181 Å². The minimum atomic E-state index is -1.86. The molecule has 1 atom stereocenters. The van der Waals surface area contributed by atoms with Crippen LogP contribution in [-0.2, 0) is 16.8 Å². The highest BCUT2D eigenvalue weighted by Crippen LogP contribution is 2.44. The third-order valence-corrected chi connectivity index (χ3v) is 6.73. The molecule has 0 unspecified atom stereocenters. The van der Waals surface area contributed by atoms with Gasteiger partial charge in [0.15, 0.2) is 11.4 Å². The summed E-state index contributed by atoms with van der Waals surface area (Å²) >= 11 is 4.80. The van der Waals surface area contributed by atoms with Crippen LogP contribution in [0.25, 0.3) is 0 Å². The van der Waals surface area contributed by atoms with Crippen molar-refractivity contribution in [1.29, 1.82) is 0 Å². The Balaban J connectivity index is 1.65. The summed E-state index contributed by atoms with van der Waals surface area (Å²) in [6, 6.07) is 18.9. The van der Waals surface area contributed by atoms with Gasteiger partial charge in [-0.1, -0.05) is 46.3 Å². The van der Waals surface area contributed by atoms with Crippen molar-refractivity contribution < 1.29 is 14.7 Å². The zero-order valence-electron chi connectivity index (χ0n) is 15.9. The number of aliphatic hydroxyl groups is 1. The number of hydrogen-bond acceptors (Lipinski definition) is 4. The predicted octanol–water partition coefficient (Wildman–Crippen LogP) is 4.87. The van der Waals surface area contributed by atoms with Gasteiger partial charge in [0.2, 0.25) is 0 Å². The minimum absolute atomic E-state index is 0.227. The highest BCUT2D eigenvalue weighted by atomic mass is 79.9. The first-order chi connectivity index (χ1) is 13.9. The van der Waals surface area contributed by atoms with Gasteiger partial charge in [-0.2, -0.15) is 0 Å². The zero-order chi connectivity index (χ0) is 20.6. The Bertz CT molecular complexity index is 1080. The first kappa shape index (κ1) is 20.0. The number of hydrogen-bond donors (Lipinski definition) is 1. The minimum Gasteiger partial charge on any atom is -0.375 e. The van der Waals surface area contributed by atoms with Gasteiger partial charge in [0.05, 0.1) is 17.0 Å². The van der Waals surface area contributed by atoms with Crippen LogP contribution in [0.1, 0.15) is 32.1 Å². The van der Waals surface area contributed by atoms with E-state index in [4.69, 9.17) is 0 Å². The van der Waals surface area contributed by atoms with Crippen LogP contribution in [-0.4, -0.2) is 23.3 Å². The summed E-state index contributed by atoms with van der Waals surface area (Å²) in [5.74, 6) is -0.669. The molecule has 0 bridgehead atoms. The van der Waals surface area contributed by atoms with Crippen molar-refractivity contribution >= 4 is 44.6 Å². The normalized spacial score (nSPS) is 18.2. The molecule has 2 heterocycles. The maximum absolute atomic E-state index is 13.3. The van der Waals surface area contributed by atoms with Crippen molar-refractivity contribution in [2.45, 2.75) is 25.4 Å². The number of carbonyl (C=O) groups is 2. The average Bonchev–Trinajstić information content (AvgIpc) is 3.23. The van der Waals surface area contributed by atoms with Gasteiger partial charge in [0.25, 0.3) is 5.91 Å². The number of benzene rings is 2. The summed E-state index contributed by atoms with van der Waals surface area (Å²) < 4.78 is 0.756. The lowest BCUT2D eigenvalue weighted by Crippen LogP contribution is -2.42. The van der Waals surface area contributed by atoms with Crippen LogP contribution in [0.2, 0.25) is 0 Å². The van der Waals surface area contributed by atoms with Gasteiger partial charge in [0.1, 0.15) is 0 Å². The molecule has 0 radical (unpaired) electrons. The first-order valence-electron chi connectivity index (χ1n) is 9.36. The number of halogens is 1. The van der Waals surface area contributed by atoms with Crippen molar-refractivity contribution in [1.82, 2.24) is 0 Å². The summed E-state index contributed by atoms with van der Waals surface area (Å²) in [5, 5.41) is 11.4. The predicted molar refractivity (Wildman–Crippen MR) is 119 cm³/mol. The lowest BCUT2D eigenvalue weighted by Gasteiger charge is -2.22. The maximum Gasteiger partial charge on any atom is 0.264 e. The van der Waals surface area contributed by atoms with Crippen LogP contribution >= 0.6 is 27.3 Å². The topological polar surface area (TPSA) is 57.6 Å². The average molecular weight is 470 g/mol.